The zero-order chi connectivity index (χ0) is 21.5. The van der Waals surface area contributed by atoms with Crippen molar-refractivity contribution in [1.82, 2.24) is 9.55 Å². The summed E-state index contributed by atoms with van der Waals surface area (Å²) >= 11 is 0. The fourth-order valence-corrected chi connectivity index (χ4v) is 3.95. The average molecular weight is 419 g/mol. The molecule has 4 N–H and O–H groups in total. The third kappa shape index (κ3) is 3.50. The molecule has 1 saturated heterocycles. The molecule has 3 aromatic carbocycles. The first-order valence-electron chi connectivity index (χ1n) is 9.92. The molecule has 0 spiro atoms. The lowest BCUT2D eigenvalue weighted by Crippen LogP contribution is -2.36. The molecule has 4 aromatic rings. The number of fused-ring (bicyclic) bond motifs is 2. The minimum atomic E-state index is -1.31. The van der Waals surface area contributed by atoms with Gasteiger partial charge in [-0.15, -0.1) is 0 Å². The average Bonchev–Trinajstić information content (AvgIpc) is 3.04. The van der Waals surface area contributed by atoms with Crippen molar-refractivity contribution in [2.45, 2.75) is 24.5 Å². The smallest absolute Gasteiger partial charge is 0.351 e. The second kappa shape index (κ2) is 7.66. The Bertz CT molecular complexity index is 1320. The summed E-state index contributed by atoms with van der Waals surface area (Å²) in [6.07, 6.45) is -3.08. The molecule has 0 amide bonds. The fraction of sp³-hybridized carbons (Fsp3) is 0.217. The molecule has 1 fully saturated rings. The van der Waals surface area contributed by atoms with E-state index in [4.69, 9.17) is 15.2 Å². The molecule has 8 heteroatoms. The number of aliphatic hydroxyl groups excluding tert-OH is 2. The van der Waals surface area contributed by atoms with Gasteiger partial charge in [0.15, 0.2) is 6.23 Å². The molecule has 2 heterocycles. The van der Waals surface area contributed by atoms with Gasteiger partial charge < -0.3 is 25.4 Å². The van der Waals surface area contributed by atoms with Crippen LogP contribution in [0.5, 0.6) is 5.75 Å². The number of nitrogens with zero attached hydrogens (tertiary/aromatic N) is 2. The van der Waals surface area contributed by atoms with E-state index in [-0.39, 0.29) is 12.4 Å². The molecule has 1 aliphatic rings. The molecule has 0 radical (unpaired) electrons. The number of benzene rings is 3. The van der Waals surface area contributed by atoms with Crippen molar-refractivity contribution in [2.75, 3.05) is 12.3 Å². The summed E-state index contributed by atoms with van der Waals surface area (Å²) in [5.41, 5.74) is 4.84. The number of anilines is 1. The second-order valence-electron chi connectivity index (χ2n) is 7.58. The van der Waals surface area contributed by atoms with Crippen LogP contribution in [0.15, 0.2) is 71.7 Å². The van der Waals surface area contributed by atoms with E-state index in [1.54, 1.807) is 0 Å². The Balaban J connectivity index is 1.39. The SMILES string of the molecule is Nc1ccn(C2OC(COc3cccc4cc5ccccc5cc34)C(O)C2O)c(=O)n1. The first kappa shape index (κ1) is 19.5. The van der Waals surface area contributed by atoms with Crippen LogP contribution >= 0.6 is 0 Å². The molecule has 8 nitrogen and oxygen atoms in total. The van der Waals surface area contributed by atoms with Gasteiger partial charge in [0.05, 0.1) is 0 Å². The Morgan fingerprint density at radius 2 is 1.74 bits per heavy atom. The summed E-state index contributed by atoms with van der Waals surface area (Å²) in [5.74, 6) is 0.709. The summed E-state index contributed by atoms with van der Waals surface area (Å²) in [5, 5.41) is 25.1. The van der Waals surface area contributed by atoms with E-state index in [9.17, 15) is 15.0 Å². The lowest BCUT2D eigenvalue weighted by Gasteiger charge is -2.17. The van der Waals surface area contributed by atoms with Crippen molar-refractivity contribution >= 4 is 27.4 Å². The molecule has 0 saturated carbocycles. The van der Waals surface area contributed by atoms with Gasteiger partial charge in [-0.25, -0.2) is 4.79 Å². The van der Waals surface area contributed by atoms with E-state index in [1.807, 2.05) is 36.4 Å². The van der Waals surface area contributed by atoms with E-state index in [2.05, 4.69) is 23.2 Å². The molecule has 31 heavy (non-hydrogen) atoms. The minimum Gasteiger partial charge on any atom is -0.490 e. The number of aromatic nitrogens is 2. The zero-order valence-corrected chi connectivity index (χ0v) is 16.5. The molecule has 1 aromatic heterocycles. The van der Waals surface area contributed by atoms with Gasteiger partial charge in [-0.3, -0.25) is 4.57 Å². The van der Waals surface area contributed by atoms with Gasteiger partial charge >= 0.3 is 5.69 Å². The molecule has 4 unspecified atom stereocenters. The van der Waals surface area contributed by atoms with Crippen molar-refractivity contribution in [2.24, 2.45) is 0 Å². The largest absolute Gasteiger partial charge is 0.490 e. The normalized spacial score (nSPS) is 23.4. The third-order valence-corrected chi connectivity index (χ3v) is 5.57. The highest BCUT2D eigenvalue weighted by Crippen LogP contribution is 2.32. The summed E-state index contributed by atoms with van der Waals surface area (Å²) in [4.78, 5) is 15.7. The standard InChI is InChI=1S/C23H21N3O5/c24-19-8-9-26(23(29)25-19)22-21(28)20(27)18(31-22)12-30-17-7-3-6-15-10-13-4-1-2-5-14(13)11-16(15)17/h1-11,18,20-22,27-28H,12H2,(H2,24,25,29). The van der Waals surface area contributed by atoms with Crippen LogP contribution in [-0.2, 0) is 4.74 Å². The van der Waals surface area contributed by atoms with E-state index in [1.165, 1.54) is 12.3 Å². The Morgan fingerprint density at radius 1 is 1.00 bits per heavy atom. The number of aliphatic hydroxyl groups is 2. The van der Waals surface area contributed by atoms with Crippen LogP contribution in [0.2, 0.25) is 0 Å². The summed E-state index contributed by atoms with van der Waals surface area (Å²) < 4.78 is 12.8. The zero-order valence-electron chi connectivity index (χ0n) is 16.5. The molecule has 0 aliphatic carbocycles. The fourth-order valence-electron chi connectivity index (χ4n) is 3.95. The minimum absolute atomic E-state index is 0.00216. The number of hydrogen-bond donors (Lipinski definition) is 3. The van der Waals surface area contributed by atoms with Crippen molar-refractivity contribution < 1.29 is 19.7 Å². The predicted molar refractivity (Wildman–Crippen MR) is 116 cm³/mol. The highest BCUT2D eigenvalue weighted by Gasteiger charge is 2.44. The van der Waals surface area contributed by atoms with Gasteiger partial charge in [0.1, 0.15) is 36.5 Å². The van der Waals surface area contributed by atoms with Crippen molar-refractivity contribution in [3.05, 3.63) is 77.3 Å². The van der Waals surface area contributed by atoms with E-state index >= 15 is 0 Å². The number of hydrogen-bond acceptors (Lipinski definition) is 7. The summed E-state index contributed by atoms with van der Waals surface area (Å²) in [6.45, 7) is -0.00216. The van der Waals surface area contributed by atoms with Crippen LogP contribution in [0.4, 0.5) is 5.82 Å². The molecular formula is C23H21N3O5. The second-order valence-corrected chi connectivity index (χ2v) is 7.58. The van der Waals surface area contributed by atoms with E-state index in [0.717, 1.165) is 26.1 Å². The van der Waals surface area contributed by atoms with Crippen LogP contribution in [0.25, 0.3) is 21.5 Å². The maximum atomic E-state index is 12.1. The van der Waals surface area contributed by atoms with Gasteiger partial charge in [-0.1, -0.05) is 36.4 Å². The van der Waals surface area contributed by atoms with E-state index < -0.39 is 30.2 Å². The lowest BCUT2D eigenvalue weighted by atomic mass is 10.0. The first-order valence-corrected chi connectivity index (χ1v) is 9.92. The molecule has 4 atom stereocenters. The number of nitrogens with two attached hydrogens (primary N) is 1. The van der Waals surface area contributed by atoms with Crippen molar-refractivity contribution in [3.8, 4) is 5.75 Å². The Morgan fingerprint density at radius 3 is 2.52 bits per heavy atom. The van der Waals surface area contributed by atoms with Crippen LogP contribution in [0.3, 0.4) is 0 Å². The van der Waals surface area contributed by atoms with Gasteiger partial charge in [0, 0.05) is 11.6 Å². The third-order valence-electron chi connectivity index (χ3n) is 5.57. The quantitative estimate of drug-likeness (QED) is 0.432. The number of ether oxygens (including phenoxy) is 2. The monoisotopic (exact) mass is 419 g/mol. The van der Waals surface area contributed by atoms with Crippen LogP contribution < -0.4 is 16.2 Å². The molecule has 0 bridgehead atoms. The Labute approximate surface area is 177 Å². The van der Waals surface area contributed by atoms with Gasteiger partial charge in [0.2, 0.25) is 0 Å². The van der Waals surface area contributed by atoms with Crippen LogP contribution in [-0.4, -0.2) is 44.7 Å². The highest BCUT2D eigenvalue weighted by atomic mass is 16.6. The van der Waals surface area contributed by atoms with Gasteiger partial charge in [-0.05, 0) is 40.4 Å². The topological polar surface area (TPSA) is 120 Å². The maximum absolute atomic E-state index is 12.1. The number of rotatable bonds is 4. The van der Waals surface area contributed by atoms with Crippen molar-refractivity contribution in [3.63, 3.8) is 0 Å². The van der Waals surface area contributed by atoms with Crippen LogP contribution in [0.1, 0.15) is 6.23 Å². The van der Waals surface area contributed by atoms with Crippen LogP contribution in [0, 0.1) is 0 Å². The van der Waals surface area contributed by atoms with Crippen molar-refractivity contribution in [1.29, 1.82) is 0 Å². The van der Waals surface area contributed by atoms with Gasteiger partial charge in [0.25, 0.3) is 0 Å². The molecule has 158 valence electrons. The molecular weight excluding hydrogens is 398 g/mol. The Hall–Kier alpha value is -3.46. The Kier molecular flexibility index (Phi) is 4.82. The predicted octanol–water partition coefficient (Wildman–Crippen LogP) is 1.83. The highest BCUT2D eigenvalue weighted by molar-refractivity contribution is 6.00. The summed E-state index contributed by atoms with van der Waals surface area (Å²) in [6, 6.07) is 19.4. The van der Waals surface area contributed by atoms with Gasteiger partial charge in [-0.2, -0.15) is 4.98 Å². The maximum Gasteiger partial charge on any atom is 0.351 e. The summed E-state index contributed by atoms with van der Waals surface area (Å²) in [7, 11) is 0. The molecule has 5 rings (SSSR count). The molecule has 1 aliphatic heterocycles. The first-order chi connectivity index (χ1) is 15.0. The number of nitrogen functional groups attached to an aromatic ring is 1. The van der Waals surface area contributed by atoms with E-state index in [0.29, 0.717) is 5.75 Å². The lowest BCUT2D eigenvalue weighted by molar-refractivity contribution is -0.0513.